The minimum absolute atomic E-state index is 0.711. The van der Waals surface area contributed by atoms with E-state index in [1.807, 2.05) is 0 Å². The standard InChI is InChI=1S/C12H26N2/c1-5-6-14-8-11(10(2)3)7-12(9-14)13-4/h10-13H,5-9H2,1-4H3. The van der Waals surface area contributed by atoms with Crippen molar-refractivity contribution in [3.05, 3.63) is 0 Å². The van der Waals surface area contributed by atoms with Gasteiger partial charge in [0.2, 0.25) is 0 Å². The maximum Gasteiger partial charge on any atom is 0.0195 e. The van der Waals surface area contributed by atoms with Gasteiger partial charge >= 0.3 is 0 Å². The molecule has 0 bridgehead atoms. The Morgan fingerprint density at radius 1 is 1.36 bits per heavy atom. The smallest absolute Gasteiger partial charge is 0.0195 e. The van der Waals surface area contributed by atoms with Gasteiger partial charge in [-0.15, -0.1) is 0 Å². The fourth-order valence-corrected chi connectivity index (χ4v) is 2.42. The Hall–Kier alpha value is -0.0800. The highest BCUT2D eigenvalue weighted by atomic mass is 15.2. The van der Waals surface area contributed by atoms with E-state index in [4.69, 9.17) is 0 Å². The number of piperidine rings is 1. The average Bonchev–Trinajstić information content (AvgIpc) is 2.17. The molecule has 1 aliphatic heterocycles. The summed E-state index contributed by atoms with van der Waals surface area (Å²) in [7, 11) is 2.09. The molecule has 14 heavy (non-hydrogen) atoms. The molecule has 1 heterocycles. The molecule has 0 aromatic carbocycles. The Morgan fingerprint density at radius 2 is 2.07 bits per heavy atom. The molecule has 2 unspecified atom stereocenters. The van der Waals surface area contributed by atoms with Crippen molar-refractivity contribution in [3.63, 3.8) is 0 Å². The van der Waals surface area contributed by atoms with Crippen molar-refractivity contribution in [2.75, 3.05) is 26.7 Å². The second kappa shape index (κ2) is 5.72. The van der Waals surface area contributed by atoms with Crippen LogP contribution in [0.3, 0.4) is 0 Å². The summed E-state index contributed by atoms with van der Waals surface area (Å²) in [5, 5.41) is 3.44. The molecule has 0 spiro atoms. The Kier molecular flexibility index (Phi) is 4.90. The molecular weight excluding hydrogens is 172 g/mol. The molecule has 2 nitrogen and oxygen atoms in total. The normalized spacial score (nSPS) is 29.8. The highest BCUT2D eigenvalue weighted by Crippen LogP contribution is 2.23. The zero-order valence-corrected chi connectivity index (χ0v) is 10.2. The van der Waals surface area contributed by atoms with E-state index in [2.05, 4.69) is 38.0 Å². The van der Waals surface area contributed by atoms with Gasteiger partial charge in [-0.25, -0.2) is 0 Å². The maximum absolute atomic E-state index is 3.44. The van der Waals surface area contributed by atoms with Gasteiger partial charge in [0.05, 0.1) is 0 Å². The largest absolute Gasteiger partial charge is 0.316 e. The van der Waals surface area contributed by atoms with Crippen LogP contribution >= 0.6 is 0 Å². The lowest BCUT2D eigenvalue weighted by atomic mass is 9.85. The predicted molar refractivity (Wildman–Crippen MR) is 62.5 cm³/mol. The quantitative estimate of drug-likeness (QED) is 0.743. The second-order valence-electron chi connectivity index (χ2n) is 4.98. The van der Waals surface area contributed by atoms with E-state index in [1.165, 1.54) is 32.5 Å². The predicted octanol–water partition coefficient (Wildman–Crippen LogP) is 1.96. The van der Waals surface area contributed by atoms with Crippen molar-refractivity contribution in [1.82, 2.24) is 10.2 Å². The first kappa shape index (κ1) is 12.0. The minimum atomic E-state index is 0.711. The van der Waals surface area contributed by atoms with Crippen LogP contribution in [0.1, 0.15) is 33.6 Å². The molecule has 1 N–H and O–H groups in total. The molecule has 1 fully saturated rings. The molecule has 0 aromatic rings. The van der Waals surface area contributed by atoms with Gasteiger partial charge < -0.3 is 10.2 Å². The van der Waals surface area contributed by atoms with Crippen LogP contribution in [0.25, 0.3) is 0 Å². The third-order valence-corrected chi connectivity index (χ3v) is 3.45. The number of hydrogen-bond donors (Lipinski definition) is 1. The number of rotatable bonds is 4. The molecule has 0 aromatic heterocycles. The highest BCUT2D eigenvalue weighted by molar-refractivity contribution is 4.83. The van der Waals surface area contributed by atoms with Gasteiger partial charge in [0, 0.05) is 19.1 Å². The van der Waals surface area contributed by atoms with E-state index in [0.29, 0.717) is 6.04 Å². The number of hydrogen-bond acceptors (Lipinski definition) is 2. The maximum atomic E-state index is 3.44. The summed E-state index contributed by atoms with van der Waals surface area (Å²) in [6, 6.07) is 0.711. The van der Waals surface area contributed by atoms with Crippen molar-refractivity contribution in [1.29, 1.82) is 0 Å². The Labute approximate surface area is 89.1 Å². The Balaban J connectivity index is 2.47. The third kappa shape index (κ3) is 3.25. The van der Waals surface area contributed by atoms with Gasteiger partial charge in [0.25, 0.3) is 0 Å². The number of likely N-dealkylation sites (N-methyl/N-ethyl adjacent to an activating group) is 1. The summed E-state index contributed by atoms with van der Waals surface area (Å²) in [5.41, 5.74) is 0. The third-order valence-electron chi connectivity index (χ3n) is 3.45. The van der Waals surface area contributed by atoms with E-state index >= 15 is 0 Å². The summed E-state index contributed by atoms with van der Waals surface area (Å²) in [6.07, 6.45) is 2.63. The Bertz CT molecular complexity index is 156. The van der Waals surface area contributed by atoms with E-state index in [9.17, 15) is 0 Å². The van der Waals surface area contributed by atoms with Crippen molar-refractivity contribution in [2.45, 2.75) is 39.7 Å². The van der Waals surface area contributed by atoms with Crippen LogP contribution < -0.4 is 5.32 Å². The van der Waals surface area contributed by atoms with Crippen molar-refractivity contribution < 1.29 is 0 Å². The van der Waals surface area contributed by atoms with Crippen molar-refractivity contribution >= 4 is 0 Å². The zero-order valence-electron chi connectivity index (χ0n) is 10.2. The molecule has 2 heteroatoms. The molecule has 1 saturated heterocycles. The molecule has 2 atom stereocenters. The van der Waals surface area contributed by atoms with Crippen LogP contribution in [0, 0.1) is 11.8 Å². The lowest BCUT2D eigenvalue weighted by Gasteiger charge is -2.39. The van der Waals surface area contributed by atoms with Crippen molar-refractivity contribution in [3.8, 4) is 0 Å². The molecule has 0 radical (unpaired) electrons. The summed E-state index contributed by atoms with van der Waals surface area (Å²) in [5.74, 6) is 1.71. The van der Waals surface area contributed by atoms with E-state index < -0.39 is 0 Å². The zero-order chi connectivity index (χ0) is 10.6. The number of likely N-dealkylation sites (tertiary alicyclic amines) is 1. The highest BCUT2D eigenvalue weighted by Gasteiger charge is 2.27. The van der Waals surface area contributed by atoms with Gasteiger partial charge in [0.1, 0.15) is 0 Å². The van der Waals surface area contributed by atoms with E-state index in [1.54, 1.807) is 0 Å². The lowest BCUT2D eigenvalue weighted by molar-refractivity contribution is 0.119. The Morgan fingerprint density at radius 3 is 2.57 bits per heavy atom. The number of nitrogens with zero attached hydrogens (tertiary/aromatic N) is 1. The van der Waals surface area contributed by atoms with Gasteiger partial charge in [-0.05, 0) is 38.3 Å². The first-order valence-corrected chi connectivity index (χ1v) is 6.07. The van der Waals surface area contributed by atoms with Crippen LogP contribution in [0.5, 0.6) is 0 Å². The van der Waals surface area contributed by atoms with Gasteiger partial charge in [-0.1, -0.05) is 20.8 Å². The van der Waals surface area contributed by atoms with Gasteiger partial charge in [-0.2, -0.15) is 0 Å². The molecule has 0 saturated carbocycles. The van der Waals surface area contributed by atoms with Crippen LogP contribution in [0.2, 0.25) is 0 Å². The molecule has 0 aliphatic carbocycles. The summed E-state index contributed by atoms with van der Waals surface area (Å²) in [6.45, 7) is 10.8. The fraction of sp³-hybridized carbons (Fsp3) is 1.00. The molecular formula is C12H26N2. The van der Waals surface area contributed by atoms with Crippen LogP contribution in [0.4, 0.5) is 0 Å². The fourth-order valence-electron chi connectivity index (χ4n) is 2.42. The molecule has 84 valence electrons. The minimum Gasteiger partial charge on any atom is -0.316 e. The number of nitrogens with one attached hydrogen (secondary N) is 1. The van der Waals surface area contributed by atoms with E-state index in [0.717, 1.165) is 11.8 Å². The first-order chi connectivity index (χ1) is 6.67. The summed E-state index contributed by atoms with van der Waals surface area (Å²) in [4.78, 5) is 2.62. The first-order valence-electron chi connectivity index (χ1n) is 6.07. The average molecular weight is 198 g/mol. The SMILES string of the molecule is CCCN1CC(NC)CC(C(C)C)C1. The second-order valence-corrected chi connectivity index (χ2v) is 4.98. The molecule has 1 rings (SSSR count). The summed E-state index contributed by atoms with van der Waals surface area (Å²) >= 11 is 0. The van der Waals surface area contributed by atoms with Gasteiger partial charge in [0.15, 0.2) is 0 Å². The van der Waals surface area contributed by atoms with Crippen LogP contribution in [-0.4, -0.2) is 37.6 Å². The topological polar surface area (TPSA) is 15.3 Å². The summed E-state index contributed by atoms with van der Waals surface area (Å²) < 4.78 is 0. The van der Waals surface area contributed by atoms with Crippen LogP contribution in [-0.2, 0) is 0 Å². The van der Waals surface area contributed by atoms with Crippen LogP contribution in [0.15, 0.2) is 0 Å². The molecule has 0 amide bonds. The monoisotopic (exact) mass is 198 g/mol. The van der Waals surface area contributed by atoms with E-state index in [-0.39, 0.29) is 0 Å². The van der Waals surface area contributed by atoms with Gasteiger partial charge in [-0.3, -0.25) is 0 Å². The lowest BCUT2D eigenvalue weighted by Crippen LogP contribution is -2.49. The molecule has 1 aliphatic rings. The van der Waals surface area contributed by atoms with Crippen molar-refractivity contribution in [2.24, 2.45) is 11.8 Å².